The van der Waals surface area contributed by atoms with Crippen molar-refractivity contribution in [3.63, 3.8) is 0 Å². The Morgan fingerprint density at radius 1 is 0.565 bits per heavy atom. The fourth-order valence-electron chi connectivity index (χ4n) is 12.0. The van der Waals surface area contributed by atoms with Crippen molar-refractivity contribution in [2.24, 2.45) is 0 Å². The summed E-state index contributed by atoms with van der Waals surface area (Å²) in [7, 11) is 0. The summed E-state index contributed by atoms with van der Waals surface area (Å²) in [5.74, 6) is 0. The average Bonchev–Trinajstić information content (AvgIpc) is 3.51. The van der Waals surface area contributed by atoms with Gasteiger partial charge in [0.1, 0.15) is 0 Å². The first-order chi connectivity index (χ1) is 30.1. The van der Waals surface area contributed by atoms with Gasteiger partial charge in [-0.1, -0.05) is 156 Å². The minimum absolute atomic E-state index is 0.00829. The Bertz CT molecular complexity index is 3070. The van der Waals surface area contributed by atoms with Crippen molar-refractivity contribution >= 4 is 79.4 Å². The molecule has 2 atom stereocenters. The van der Waals surface area contributed by atoms with Crippen LogP contribution >= 0.6 is 0 Å². The lowest BCUT2D eigenvalue weighted by Crippen LogP contribution is -2.64. The second kappa shape index (κ2) is 13.5. The first-order valence-electron chi connectivity index (χ1n) is 22.7. The van der Waals surface area contributed by atoms with E-state index >= 15 is 0 Å². The Labute approximate surface area is 367 Å². The van der Waals surface area contributed by atoms with Crippen LogP contribution in [-0.2, 0) is 10.8 Å². The molecule has 0 N–H and O–H groups in total. The van der Waals surface area contributed by atoms with Crippen LogP contribution in [-0.4, -0.2) is 12.3 Å². The number of fused-ring (bicyclic) bond motifs is 8. The van der Waals surface area contributed by atoms with Gasteiger partial charge in [-0.05, 0) is 135 Å². The Kier molecular flexibility index (Phi) is 8.11. The van der Waals surface area contributed by atoms with Crippen LogP contribution in [0.3, 0.4) is 0 Å². The zero-order valence-electron chi connectivity index (χ0n) is 36.5. The van der Waals surface area contributed by atoms with Gasteiger partial charge in [0.05, 0.1) is 5.54 Å². The molecule has 0 saturated heterocycles. The van der Waals surface area contributed by atoms with Crippen molar-refractivity contribution in [1.82, 2.24) is 0 Å². The van der Waals surface area contributed by atoms with Gasteiger partial charge in [-0.2, -0.15) is 0 Å². The van der Waals surface area contributed by atoms with Crippen molar-refractivity contribution in [2.45, 2.75) is 76.7 Å². The molecule has 1 fully saturated rings. The molecule has 0 aromatic heterocycles. The number of benzene rings is 8. The second-order valence-corrected chi connectivity index (χ2v) is 19.7. The number of nitrogens with zero attached hydrogens (tertiary/aromatic N) is 3. The normalized spacial score (nSPS) is 19.5. The van der Waals surface area contributed by atoms with Crippen molar-refractivity contribution in [3.8, 4) is 11.1 Å². The van der Waals surface area contributed by atoms with Gasteiger partial charge in [-0.15, -0.1) is 0 Å². The maximum Gasteiger partial charge on any atom is 0.252 e. The summed E-state index contributed by atoms with van der Waals surface area (Å²) in [6, 6.07) is 66.0. The van der Waals surface area contributed by atoms with Gasteiger partial charge in [0, 0.05) is 50.9 Å². The molecule has 0 bridgehead atoms. The standard InChI is InChI=1S/C58H52BN3/c1-56(2,3)41-36-48-55-50(37-41)59-49-32-31-45(60(42-22-8-6-9-23-42)44-26-16-21-40(35-44)47-28-17-20-39-19-12-13-27-46(39)47)38-53(49)61(43-24-10-7-11-25-43)51-29-18-30-52(54(51)59)62(55)58(5)34-15-14-33-57(48,58)4/h6-13,16-32,35-38H,14-15,33-34H2,1-5H3. The minimum Gasteiger partial charge on any atom is -0.335 e. The van der Waals surface area contributed by atoms with Crippen LogP contribution in [0.4, 0.5) is 45.5 Å². The van der Waals surface area contributed by atoms with Crippen LogP contribution in [0.15, 0.2) is 176 Å². The average molecular weight is 802 g/mol. The van der Waals surface area contributed by atoms with E-state index in [2.05, 4.69) is 225 Å². The van der Waals surface area contributed by atoms with Crippen LogP contribution in [0.25, 0.3) is 21.9 Å². The van der Waals surface area contributed by atoms with E-state index in [1.807, 2.05) is 0 Å². The van der Waals surface area contributed by atoms with Crippen molar-refractivity contribution < 1.29 is 0 Å². The first kappa shape index (κ1) is 37.3. The van der Waals surface area contributed by atoms with E-state index in [0.717, 1.165) is 17.1 Å². The number of hydrogen-bond acceptors (Lipinski definition) is 3. The molecule has 12 rings (SSSR count). The molecule has 0 amide bonds. The van der Waals surface area contributed by atoms with E-state index in [1.165, 1.54) is 98.0 Å². The third-order valence-electron chi connectivity index (χ3n) is 15.3. The van der Waals surface area contributed by atoms with Gasteiger partial charge in [0.15, 0.2) is 0 Å². The molecule has 4 aliphatic rings. The van der Waals surface area contributed by atoms with E-state index in [1.54, 1.807) is 5.56 Å². The molecule has 2 unspecified atom stereocenters. The monoisotopic (exact) mass is 801 g/mol. The Hall–Kier alpha value is -6.52. The van der Waals surface area contributed by atoms with Crippen LogP contribution in [0, 0.1) is 0 Å². The smallest absolute Gasteiger partial charge is 0.252 e. The van der Waals surface area contributed by atoms with Crippen LogP contribution < -0.4 is 31.1 Å². The zero-order chi connectivity index (χ0) is 42.0. The summed E-state index contributed by atoms with van der Waals surface area (Å²) in [5, 5.41) is 2.51. The van der Waals surface area contributed by atoms with Crippen molar-refractivity contribution in [3.05, 3.63) is 187 Å². The molecule has 3 nitrogen and oxygen atoms in total. The number of para-hydroxylation sites is 2. The third kappa shape index (κ3) is 5.25. The summed E-state index contributed by atoms with van der Waals surface area (Å²) in [6.07, 6.45) is 4.95. The Morgan fingerprint density at radius 3 is 2.06 bits per heavy atom. The molecule has 302 valence electrons. The van der Waals surface area contributed by atoms with Crippen molar-refractivity contribution in [2.75, 3.05) is 14.7 Å². The minimum atomic E-state index is -0.0165. The lowest BCUT2D eigenvalue weighted by molar-refractivity contribution is 0.195. The lowest BCUT2D eigenvalue weighted by Gasteiger charge is -2.52. The molecule has 0 spiro atoms. The van der Waals surface area contributed by atoms with Crippen LogP contribution in [0.1, 0.15) is 71.4 Å². The van der Waals surface area contributed by atoms with Gasteiger partial charge < -0.3 is 14.7 Å². The van der Waals surface area contributed by atoms with Gasteiger partial charge in [-0.25, -0.2) is 0 Å². The van der Waals surface area contributed by atoms with Crippen LogP contribution in [0.5, 0.6) is 0 Å². The van der Waals surface area contributed by atoms with Gasteiger partial charge in [0.2, 0.25) is 0 Å². The predicted octanol–water partition coefficient (Wildman–Crippen LogP) is 13.6. The largest absolute Gasteiger partial charge is 0.335 e. The van der Waals surface area contributed by atoms with Gasteiger partial charge in [-0.3, -0.25) is 0 Å². The molecular weight excluding hydrogens is 749 g/mol. The molecule has 1 saturated carbocycles. The van der Waals surface area contributed by atoms with E-state index in [-0.39, 0.29) is 23.1 Å². The van der Waals surface area contributed by atoms with Crippen molar-refractivity contribution in [1.29, 1.82) is 0 Å². The molecule has 3 aliphatic heterocycles. The van der Waals surface area contributed by atoms with Gasteiger partial charge >= 0.3 is 0 Å². The highest BCUT2D eigenvalue weighted by Crippen LogP contribution is 2.62. The topological polar surface area (TPSA) is 9.72 Å². The highest BCUT2D eigenvalue weighted by atomic mass is 15.3. The molecule has 0 radical (unpaired) electrons. The summed E-state index contributed by atoms with van der Waals surface area (Å²) in [5.41, 5.74) is 19.6. The van der Waals surface area contributed by atoms with E-state index < -0.39 is 0 Å². The third-order valence-corrected chi connectivity index (χ3v) is 15.3. The first-order valence-corrected chi connectivity index (χ1v) is 22.7. The molecule has 8 aromatic rings. The Balaban J connectivity index is 1.11. The van der Waals surface area contributed by atoms with E-state index in [0.29, 0.717) is 0 Å². The molecule has 8 aromatic carbocycles. The van der Waals surface area contributed by atoms with Gasteiger partial charge in [0.25, 0.3) is 6.71 Å². The second-order valence-electron chi connectivity index (χ2n) is 19.7. The lowest BCUT2D eigenvalue weighted by atomic mass is 9.33. The predicted molar refractivity (Wildman–Crippen MR) is 265 cm³/mol. The summed E-state index contributed by atoms with van der Waals surface area (Å²) >= 11 is 0. The maximum absolute atomic E-state index is 2.83. The summed E-state index contributed by atoms with van der Waals surface area (Å²) < 4.78 is 0. The fourth-order valence-corrected chi connectivity index (χ4v) is 12.0. The quantitative estimate of drug-likeness (QED) is 0.161. The number of rotatable bonds is 5. The van der Waals surface area contributed by atoms with E-state index in [9.17, 15) is 0 Å². The summed E-state index contributed by atoms with van der Waals surface area (Å²) in [6.45, 7) is 12.4. The highest BCUT2D eigenvalue weighted by Gasteiger charge is 2.61. The molecule has 4 heteroatoms. The van der Waals surface area contributed by atoms with Crippen LogP contribution in [0.2, 0.25) is 0 Å². The number of hydrogen-bond donors (Lipinski definition) is 0. The Morgan fingerprint density at radius 2 is 1.24 bits per heavy atom. The molecule has 3 heterocycles. The zero-order valence-corrected chi connectivity index (χ0v) is 36.5. The highest BCUT2D eigenvalue weighted by molar-refractivity contribution is 7.00. The maximum atomic E-state index is 2.83. The SMILES string of the molecule is CC(C)(C)c1cc2c3c(c1)C1(C)CCCCC1(C)N3c1cccc3c1B2c1ccc(N(c2ccccc2)c2cccc(-c4cccc5ccccc45)c2)cc1N3c1ccccc1. The molecule has 1 aliphatic carbocycles. The number of anilines is 8. The fraction of sp³-hybridized carbons (Fsp3) is 0.207. The summed E-state index contributed by atoms with van der Waals surface area (Å²) in [4.78, 5) is 7.83. The molecule has 62 heavy (non-hydrogen) atoms. The molecular formula is C58H52BN3. The van der Waals surface area contributed by atoms with E-state index in [4.69, 9.17) is 0 Å².